The third-order valence-corrected chi connectivity index (χ3v) is 11.2. The highest BCUT2D eigenvalue weighted by molar-refractivity contribution is 5.98. The lowest BCUT2D eigenvalue weighted by atomic mass is 10.0. The zero-order valence-corrected chi connectivity index (χ0v) is 34.1. The van der Waals surface area contributed by atoms with Gasteiger partial charge in [-0.25, -0.2) is 9.18 Å². The smallest absolute Gasteiger partial charge is 0.329 e. The van der Waals surface area contributed by atoms with Crippen molar-refractivity contribution in [3.8, 4) is 0 Å². The molecule has 9 atom stereocenters. The van der Waals surface area contributed by atoms with Crippen molar-refractivity contribution in [3.05, 3.63) is 70.5 Å². The van der Waals surface area contributed by atoms with E-state index in [0.29, 0.717) is 17.5 Å². The Labute approximate surface area is 338 Å². The number of nitrogens with one attached hydrogen (secondary N) is 3. The summed E-state index contributed by atoms with van der Waals surface area (Å²) < 4.78 is 20.7. The van der Waals surface area contributed by atoms with Crippen LogP contribution in [0.2, 0.25) is 0 Å². The van der Waals surface area contributed by atoms with E-state index < -0.39 is 95.7 Å². The van der Waals surface area contributed by atoms with Crippen LogP contribution >= 0.6 is 0 Å². The predicted molar refractivity (Wildman–Crippen MR) is 209 cm³/mol. The number of esters is 1. The fraction of sp³-hybridized carbons (Fsp3) is 0.548. The van der Waals surface area contributed by atoms with Gasteiger partial charge < -0.3 is 40.5 Å². The minimum atomic E-state index is -1.58. The lowest BCUT2D eigenvalue weighted by molar-refractivity contribution is -0.163. The number of halogens is 1. The first-order valence-corrected chi connectivity index (χ1v) is 19.8. The molecular weight excluding hydrogens is 751 g/mol. The first-order valence-electron chi connectivity index (χ1n) is 19.8. The highest BCUT2D eigenvalue weighted by atomic mass is 19.1. The molecular formula is C42H55FN6O9. The van der Waals surface area contributed by atoms with E-state index in [4.69, 9.17) is 4.74 Å². The Morgan fingerprint density at radius 1 is 0.966 bits per heavy atom. The maximum absolute atomic E-state index is 14.8. The predicted octanol–water partition coefficient (Wildman–Crippen LogP) is 1.08. The van der Waals surface area contributed by atoms with Gasteiger partial charge >= 0.3 is 5.97 Å². The van der Waals surface area contributed by atoms with E-state index in [1.165, 1.54) is 49.8 Å². The fourth-order valence-corrected chi connectivity index (χ4v) is 8.14. The molecule has 1 unspecified atom stereocenters. The maximum Gasteiger partial charge on any atom is 0.329 e. The van der Waals surface area contributed by atoms with Crippen LogP contribution in [0, 0.1) is 25.6 Å². The fourth-order valence-electron chi connectivity index (χ4n) is 8.14. The molecule has 6 amide bonds. The molecule has 4 N–H and O–H groups in total. The highest BCUT2D eigenvalue weighted by Crippen LogP contribution is 2.27. The van der Waals surface area contributed by atoms with Crippen LogP contribution in [0.3, 0.4) is 0 Å². The van der Waals surface area contributed by atoms with Crippen LogP contribution in [0.1, 0.15) is 69.2 Å². The molecule has 3 fully saturated rings. The maximum atomic E-state index is 14.8. The Morgan fingerprint density at radius 3 is 2.34 bits per heavy atom. The second-order valence-corrected chi connectivity index (χ2v) is 16.1. The summed E-state index contributed by atoms with van der Waals surface area (Å²) >= 11 is 0. The standard InChI is InChI=1S/C42H55FN6O9/c1-22-10-8-11-28(16-22)19-31(45-34(51)20-29-14-13-23(2)17-30(29)43)37(52)46-35-27(6)58-42(57)33-18-24(3)21-49(33)39(54)25(4)44-38(53)36(26(5)50)47(7)40(55)32-12-9-15-48(32)41(35)56/h8,10-11,13-14,16-17,24-27,31-33,35-36,50H,9,12,15,18-21H2,1-7H3,(H,44,53)(H,45,51)(H,46,52)/t24-,25+,26-,27+,31+,32+,33+,35+,36?/m1/s1. The molecule has 0 saturated carbocycles. The number of fused-ring (bicyclic) bond motifs is 2. The van der Waals surface area contributed by atoms with E-state index in [9.17, 15) is 43.1 Å². The molecule has 0 bridgehead atoms. The normalized spacial score (nSPS) is 27.0. The highest BCUT2D eigenvalue weighted by Gasteiger charge is 2.47. The number of aliphatic hydroxyl groups excluding tert-OH is 1. The molecule has 3 aliphatic heterocycles. The average Bonchev–Trinajstić information content (AvgIpc) is 3.80. The molecule has 15 nitrogen and oxygen atoms in total. The zero-order chi connectivity index (χ0) is 42.6. The van der Waals surface area contributed by atoms with Crippen molar-refractivity contribution in [1.29, 1.82) is 0 Å². The van der Waals surface area contributed by atoms with Gasteiger partial charge in [0.05, 0.1) is 12.5 Å². The molecule has 0 radical (unpaired) electrons. The first-order chi connectivity index (χ1) is 27.4. The SMILES string of the molecule is Cc1cccc(C[C@H](NC(=O)Cc2ccc(C)cc2F)C(=O)N[C@@H]2C(=O)N3CCC[C@H]3C(=O)N(C)C([C@@H](C)O)C(=O)N[C@@H](C)C(=O)N3C[C@H](C)C[C@H]3C(=O)O[C@H]2C)c1. The quantitative estimate of drug-likeness (QED) is 0.283. The molecule has 0 spiro atoms. The lowest BCUT2D eigenvalue weighted by Crippen LogP contribution is -2.63. The van der Waals surface area contributed by atoms with Gasteiger partial charge in [-0.1, -0.05) is 48.9 Å². The third kappa shape index (κ3) is 10.0. The Kier molecular flexibility index (Phi) is 13.9. The first kappa shape index (κ1) is 43.7. The van der Waals surface area contributed by atoms with Crippen molar-refractivity contribution in [2.45, 2.75) is 122 Å². The van der Waals surface area contributed by atoms with Crippen LogP contribution in [-0.4, -0.2) is 130 Å². The molecule has 16 heteroatoms. The van der Waals surface area contributed by atoms with E-state index in [2.05, 4.69) is 16.0 Å². The third-order valence-electron chi connectivity index (χ3n) is 11.2. The number of hydrogen-bond acceptors (Lipinski definition) is 9. The summed E-state index contributed by atoms with van der Waals surface area (Å²) in [5.74, 6) is -5.79. The Balaban J connectivity index is 1.51. The largest absolute Gasteiger partial charge is 0.458 e. The van der Waals surface area contributed by atoms with Crippen LogP contribution in [-0.2, 0) is 51.1 Å². The second-order valence-electron chi connectivity index (χ2n) is 16.1. The van der Waals surface area contributed by atoms with Gasteiger partial charge in [-0.2, -0.15) is 0 Å². The van der Waals surface area contributed by atoms with Gasteiger partial charge in [0, 0.05) is 26.6 Å². The number of nitrogens with zero attached hydrogens (tertiary/aromatic N) is 3. The summed E-state index contributed by atoms with van der Waals surface area (Å²) in [6, 6.07) is 4.13. The van der Waals surface area contributed by atoms with Gasteiger partial charge in [0.1, 0.15) is 48.2 Å². The molecule has 2 aromatic rings. The number of likely N-dealkylation sites (N-methyl/N-ethyl adjacent to an activating group) is 1. The summed E-state index contributed by atoms with van der Waals surface area (Å²) in [5.41, 5.74) is 2.38. The van der Waals surface area contributed by atoms with Crippen molar-refractivity contribution in [2.24, 2.45) is 5.92 Å². The number of aliphatic hydroxyl groups is 1. The monoisotopic (exact) mass is 806 g/mol. The van der Waals surface area contributed by atoms with Crippen LogP contribution in [0.4, 0.5) is 4.39 Å². The lowest BCUT2D eigenvalue weighted by Gasteiger charge is -2.37. The topological polar surface area (TPSA) is 195 Å². The van der Waals surface area contributed by atoms with E-state index >= 15 is 0 Å². The number of carbonyl (C=O) groups excluding carboxylic acids is 7. The Morgan fingerprint density at radius 2 is 1.67 bits per heavy atom. The summed E-state index contributed by atoms with van der Waals surface area (Å²) in [7, 11) is 1.33. The molecule has 2 aromatic carbocycles. The molecule has 0 aromatic heterocycles. The van der Waals surface area contributed by atoms with Gasteiger partial charge in [-0.3, -0.25) is 28.8 Å². The van der Waals surface area contributed by atoms with Gasteiger partial charge in [-0.05, 0) is 82.6 Å². The van der Waals surface area contributed by atoms with Gasteiger partial charge in [0.25, 0.3) is 0 Å². The minimum absolute atomic E-state index is 0.0155. The summed E-state index contributed by atoms with van der Waals surface area (Å²) in [6.07, 6.45) is -2.27. The molecule has 3 aliphatic rings. The number of carbonyl (C=O) groups is 7. The van der Waals surface area contributed by atoms with Crippen molar-refractivity contribution in [2.75, 3.05) is 20.1 Å². The summed E-state index contributed by atoms with van der Waals surface area (Å²) in [5, 5.41) is 18.7. The molecule has 314 valence electrons. The minimum Gasteiger partial charge on any atom is -0.458 e. The van der Waals surface area contributed by atoms with Crippen molar-refractivity contribution in [3.63, 3.8) is 0 Å². The average molecular weight is 807 g/mol. The Bertz CT molecular complexity index is 1920. The van der Waals surface area contributed by atoms with E-state index in [-0.39, 0.29) is 50.3 Å². The number of rotatable bonds is 8. The number of benzene rings is 2. The summed E-state index contributed by atoms with van der Waals surface area (Å²) in [4.78, 5) is 101. The van der Waals surface area contributed by atoms with Crippen molar-refractivity contribution < 1.29 is 47.8 Å². The number of hydrogen-bond donors (Lipinski definition) is 4. The van der Waals surface area contributed by atoms with E-state index in [1.54, 1.807) is 25.1 Å². The molecule has 3 heterocycles. The van der Waals surface area contributed by atoms with Crippen LogP contribution in [0.15, 0.2) is 42.5 Å². The van der Waals surface area contributed by atoms with Crippen LogP contribution < -0.4 is 16.0 Å². The molecule has 3 saturated heterocycles. The van der Waals surface area contributed by atoms with Crippen LogP contribution in [0.25, 0.3) is 0 Å². The van der Waals surface area contributed by atoms with E-state index in [1.807, 2.05) is 26.0 Å². The van der Waals surface area contributed by atoms with Gasteiger partial charge in [-0.15, -0.1) is 0 Å². The second kappa shape index (κ2) is 18.5. The van der Waals surface area contributed by atoms with E-state index in [0.717, 1.165) is 10.5 Å². The van der Waals surface area contributed by atoms with Crippen LogP contribution in [0.5, 0.6) is 0 Å². The Hall–Kier alpha value is -5.38. The number of amides is 6. The number of cyclic esters (lactones) is 1. The van der Waals surface area contributed by atoms with Crippen molar-refractivity contribution >= 4 is 41.4 Å². The molecule has 0 aliphatic carbocycles. The number of ether oxygens (including phenoxy) is 1. The summed E-state index contributed by atoms with van der Waals surface area (Å²) in [6.45, 7) is 9.91. The number of aryl methyl sites for hydroxylation is 2. The molecule has 58 heavy (non-hydrogen) atoms. The molecule has 5 rings (SSSR count). The zero-order valence-electron chi connectivity index (χ0n) is 34.1. The van der Waals surface area contributed by atoms with Gasteiger partial charge in [0.15, 0.2) is 0 Å². The van der Waals surface area contributed by atoms with Gasteiger partial charge in [0.2, 0.25) is 35.4 Å². The van der Waals surface area contributed by atoms with Crippen molar-refractivity contribution in [1.82, 2.24) is 30.7 Å².